The Balaban J connectivity index is 1.40. The van der Waals surface area contributed by atoms with E-state index in [1.807, 2.05) is 30.8 Å². The minimum absolute atomic E-state index is 0.104. The van der Waals surface area contributed by atoms with Gasteiger partial charge in [-0.25, -0.2) is 0 Å². The second-order valence-electron chi connectivity index (χ2n) is 7.30. The first-order valence-electron chi connectivity index (χ1n) is 9.16. The molecule has 2 fully saturated rings. The Morgan fingerprint density at radius 3 is 3.00 bits per heavy atom. The van der Waals surface area contributed by atoms with Gasteiger partial charge in [0.15, 0.2) is 0 Å². The standard InChI is InChI=1S/C20H26N2O3/c1-6-20(16-24-13-17-2-7-21-8-3-17)15-22(9-4-19(20)25-10-1)12-18-5-11-23-14-18/h2-3,5,7-8,11,14,19H,1,4,6,9-10,12-13,15-16H2. The highest BCUT2D eigenvalue weighted by atomic mass is 16.5. The molecule has 2 aromatic rings. The van der Waals surface area contributed by atoms with Crippen molar-refractivity contribution in [2.24, 2.45) is 5.41 Å². The fourth-order valence-electron chi connectivity index (χ4n) is 4.22. The molecule has 5 nitrogen and oxygen atoms in total. The molecule has 2 atom stereocenters. The monoisotopic (exact) mass is 342 g/mol. The van der Waals surface area contributed by atoms with Gasteiger partial charge in [-0.05, 0) is 43.0 Å². The highest BCUT2D eigenvalue weighted by Gasteiger charge is 2.46. The molecule has 0 saturated carbocycles. The molecule has 5 heteroatoms. The molecule has 0 N–H and O–H groups in total. The molecule has 4 heterocycles. The Bertz CT molecular complexity index is 646. The first kappa shape index (κ1) is 16.8. The van der Waals surface area contributed by atoms with Crippen LogP contribution in [-0.2, 0) is 22.6 Å². The number of aromatic nitrogens is 1. The maximum Gasteiger partial charge on any atom is 0.0947 e. The molecule has 2 unspecified atom stereocenters. The number of ether oxygens (including phenoxy) is 2. The molecular formula is C20H26N2O3. The van der Waals surface area contributed by atoms with E-state index in [-0.39, 0.29) is 5.41 Å². The Kier molecular flexibility index (Phi) is 5.15. The van der Waals surface area contributed by atoms with Gasteiger partial charge in [0.25, 0.3) is 0 Å². The number of hydrogen-bond acceptors (Lipinski definition) is 5. The topological polar surface area (TPSA) is 47.7 Å². The number of pyridine rings is 1. The van der Waals surface area contributed by atoms with Gasteiger partial charge in [-0.15, -0.1) is 0 Å². The molecule has 0 amide bonds. The molecule has 25 heavy (non-hydrogen) atoms. The highest BCUT2D eigenvalue weighted by molar-refractivity contribution is 5.09. The number of hydrogen-bond donors (Lipinski definition) is 0. The molecule has 0 bridgehead atoms. The van der Waals surface area contributed by atoms with Crippen LogP contribution >= 0.6 is 0 Å². The number of piperidine rings is 1. The van der Waals surface area contributed by atoms with Crippen LogP contribution in [0.15, 0.2) is 47.5 Å². The molecule has 2 aromatic heterocycles. The van der Waals surface area contributed by atoms with Crippen molar-refractivity contribution in [1.29, 1.82) is 0 Å². The fourth-order valence-corrected chi connectivity index (χ4v) is 4.22. The number of fused-ring (bicyclic) bond motifs is 1. The smallest absolute Gasteiger partial charge is 0.0947 e. The fraction of sp³-hybridized carbons (Fsp3) is 0.550. The second-order valence-corrected chi connectivity index (χ2v) is 7.30. The number of furan rings is 1. The summed E-state index contributed by atoms with van der Waals surface area (Å²) in [6.07, 6.45) is 10.9. The van der Waals surface area contributed by atoms with Crippen LogP contribution in [0.4, 0.5) is 0 Å². The van der Waals surface area contributed by atoms with Crippen LogP contribution in [0.5, 0.6) is 0 Å². The van der Waals surface area contributed by atoms with Crippen molar-refractivity contribution in [3.8, 4) is 0 Å². The third kappa shape index (κ3) is 3.94. The van der Waals surface area contributed by atoms with Gasteiger partial charge in [-0.1, -0.05) is 0 Å². The summed E-state index contributed by atoms with van der Waals surface area (Å²) in [5, 5.41) is 0. The van der Waals surface area contributed by atoms with Crippen molar-refractivity contribution < 1.29 is 13.9 Å². The van der Waals surface area contributed by atoms with E-state index in [2.05, 4.69) is 16.0 Å². The van der Waals surface area contributed by atoms with E-state index in [9.17, 15) is 0 Å². The van der Waals surface area contributed by atoms with Crippen LogP contribution in [0.25, 0.3) is 0 Å². The summed E-state index contributed by atoms with van der Waals surface area (Å²) in [4.78, 5) is 6.58. The quantitative estimate of drug-likeness (QED) is 0.806. The predicted octanol–water partition coefficient (Wildman–Crippen LogP) is 3.26. The van der Waals surface area contributed by atoms with Crippen molar-refractivity contribution in [3.05, 3.63) is 54.2 Å². The zero-order valence-corrected chi connectivity index (χ0v) is 14.6. The van der Waals surface area contributed by atoms with Crippen molar-refractivity contribution in [1.82, 2.24) is 9.88 Å². The molecule has 134 valence electrons. The largest absolute Gasteiger partial charge is 0.472 e. The predicted molar refractivity (Wildman–Crippen MR) is 93.9 cm³/mol. The van der Waals surface area contributed by atoms with Crippen LogP contribution in [-0.4, -0.2) is 42.3 Å². The van der Waals surface area contributed by atoms with Gasteiger partial charge >= 0.3 is 0 Å². The lowest BCUT2D eigenvalue weighted by Crippen LogP contribution is -2.56. The number of likely N-dealkylation sites (tertiary alicyclic amines) is 1. The van der Waals surface area contributed by atoms with E-state index in [1.54, 1.807) is 6.26 Å². The Labute approximate surface area is 148 Å². The van der Waals surface area contributed by atoms with Gasteiger partial charge in [-0.2, -0.15) is 0 Å². The molecule has 4 rings (SSSR count). The summed E-state index contributed by atoms with van der Waals surface area (Å²) < 4.78 is 17.5. The zero-order chi connectivity index (χ0) is 17.0. The van der Waals surface area contributed by atoms with E-state index in [4.69, 9.17) is 13.9 Å². The maximum atomic E-state index is 6.15. The van der Waals surface area contributed by atoms with Crippen LogP contribution in [0.1, 0.15) is 30.4 Å². The van der Waals surface area contributed by atoms with Crippen LogP contribution in [0.2, 0.25) is 0 Å². The Morgan fingerprint density at radius 2 is 2.16 bits per heavy atom. The van der Waals surface area contributed by atoms with Crippen LogP contribution < -0.4 is 0 Å². The molecular weight excluding hydrogens is 316 g/mol. The van der Waals surface area contributed by atoms with Crippen LogP contribution in [0, 0.1) is 5.41 Å². The summed E-state index contributed by atoms with van der Waals surface area (Å²) in [6.45, 7) is 5.32. The Morgan fingerprint density at radius 1 is 1.24 bits per heavy atom. The first-order valence-corrected chi connectivity index (χ1v) is 9.16. The second kappa shape index (κ2) is 7.68. The minimum Gasteiger partial charge on any atom is -0.472 e. The van der Waals surface area contributed by atoms with E-state index >= 15 is 0 Å². The SMILES string of the molecule is c1cc(COCC23CCCOC2CCN(Cc2ccoc2)C3)ccn1. The molecule has 0 radical (unpaired) electrons. The third-order valence-electron chi connectivity index (χ3n) is 5.46. The zero-order valence-electron chi connectivity index (χ0n) is 14.6. The van der Waals surface area contributed by atoms with Gasteiger partial charge in [-0.3, -0.25) is 9.88 Å². The summed E-state index contributed by atoms with van der Waals surface area (Å²) in [6, 6.07) is 6.08. The van der Waals surface area contributed by atoms with Crippen molar-refractivity contribution >= 4 is 0 Å². The van der Waals surface area contributed by atoms with Gasteiger partial charge in [0, 0.05) is 49.6 Å². The highest BCUT2D eigenvalue weighted by Crippen LogP contribution is 2.41. The first-order chi connectivity index (χ1) is 12.3. The molecule has 2 saturated heterocycles. The summed E-state index contributed by atoms with van der Waals surface area (Å²) in [7, 11) is 0. The van der Waals surface area contributed by atoms with Crippen molar-refractivity contribution in [3.63, 3.8) is 0 Å². The van der Waals surface area contributed by atoms with E-state index < -0.39 is 0 Å². The van der Waals surface area contributed by atoms with Crippen molar-refractivity contribution in [2.75, 3.05) is 26.3 Å². The number of nitrogens with zero attached hydrogens (tertiary/aromatic N) is 2. The average Bonchev–Trinajstić information content (AvgIpc) is 3.15. The summed E-state index contributed by atoms with van der Waals surface area (Å²) in [5.41, 5.74) is 2.52. The van der Waals surface area contributed by atoms with Crippen LogP contribution in [0.3, 0.4) is 0 Å². The lowest BCUT2D eigenvalue weighted by molar-refractivity contribution is -0.155. The van der Waals surface area contributed by atoms with E-state index in [0.717, 1.165) is 45.7 Å². The lowest BCUT2D eigenvalue weighted by atomic mass is 9.73. The molecule has 0 spiro atoms. The molecule has 0 aromatic carbocycles. The maximum absolute atomic E-state index is 6.15. The summed E-state index contributed by atoms with van der Waals surface area (Å²) >= 11 is 0. The van der Waals surface area contributed by atoms with Gasteiger partial charge in [0.05, 0.1) is 31.8 Å². The average molecular weight is 342 g/mol. The third-order valence-corrected chi connectivity index (χ3v) is 5.46. The Hall–Kier alpha value is -1.69. The minimum atomic E-state index is 0.104. The van der Waals surface area contributed by atoms with Gasteiger partial charge in [0.2, 0.25) is 0 Å². The van der Waals surface area contributed by atoms with Crippen molar-refractivity contribution in [2.45, 2.75) is 38.5 Å². The van der Waals surface area contributed by atoms with Gasteiger partial charge < -0.3 is 13.9 Å². The number of rotatable bonds is 6. The molecule has 2 aliphatic heterocycles. The summed E-state index contributed by atoms with van der Waals surface area (Å²) in [5.74, 6) is 0. The molecule has 0 aliphatic carbocycles. The lowest BCUT2D eigenvalue weighted by Gasteiger charge is -2.50. The van der Waals surface area contributed by atoms with Gasteiger partial charge in [0.1, 0.15) is 0 Å². The van der Waals surface area contributed by atoms with E-state index in [0.29, 0.717) is 12.7 Å². The molecule has 2 aliphatic rings. The van der Waals surface area contributed by atoms with E-state index in [1.165, 1.54) is 17.5 Å². The normalized spacial score (nSPS) is 27.1.